The highest BCUT2D eigenvalue weighted by atomic mass is 15.1. The predicted octanol–water partition coefficient (Wildman–Crippen LogP) is 2.44. The lowest BCUT2D eigenvalue weighted by Gasteiger charge is -2.33. The number of hydrogen-bond donors (Lipinski definition) is 1. The van der Waals surface area contributed by atoms with E-state index in [1.54, 1.807) is 11.1 Å². The first-order chi connectivity index (χ1) is 9.22. The molecule has 102 valence electrons. The van der Waals surface area contributed by atoms with Crippen molar-refractivity contribution in [1.29, 1.82) is 0 Å². The molecular weight excluding hydrogens is 236 g/mol. The van der Waals surface area contributed by atoms with E-state index in [0.29, 0.717) is 5.82 Å². The summed E-state index contributed by atoms with van der Waals surface area (Å²) in [6.45, 7) is 5.01. The summed E-state index contributed by atoms with van der Waals surface area (Å²) in [4.78, 5) is 11.0. The van der Waals surface area contributed by atoms with Crippen molar-refractivity contribution in [3.05, 3.63) is 28.7 Å². The van der Waals surface area contributed by atoms with Gasteiger partial charge in [-0.05, 0) is 39.0 Å². The summed E-state index contributed by atoms with van der Waals surface area (Å²) in [6, 6.07) is 0. The van der Waals surface area contributed by atoms with Gasteiger partial charge in [0.05, 0.1) is 0 Å². The van der Waals surface area contributed by atoms with Crippen LogP contribution in [0, 0.1) is 6.92 Å². The zero-order chi connectivity index (χ0) is 13.2. The van der Waals surface area contributed by atoms with Crippen molar-refractivity contribution >= 4 is 5.82 Å². The van der Waals surface area contributed by atoms with Gasteiger partial charge in [-0.3, -0.25) is 4.90 Å². The Morgan fingerprint density at radius 1 is 1.21 bits per heavy atom. The fourth-order valence-corrected chi connectivity index (χ4v) is 3.18. The summed E-state index contributed by atoms with van der Waals surface area (Å²) in [5, 5.41) is 0. The summed E-state index contributed by atoms with van der Waals surface area (Å²) >= 11 is 0. The largest absolute Gasteiger partial charge is 0.383 e. The van der Waals surface area contributed by atoms with Crippen LogP contribution in [0.4, 0.5) is 5.82 Å². The first kappa shape index (κ1) is 12.6. The molecule has 1 aromatic rings. The van der Waals surface area contributed by atoms with E-state index >= 15 is 0 Å². The summed E-state index contributed by atoms with van der Waals surface area (Å²) in [5.74, 6) is 1.38. The maximum atomic E-state index is 5.98. The van der Waals surface area contributed by atoms with Crippen molar-refractivity contribution < 1.29 is 0 Å². The molecule has 4 nitrogen and oxygen atoms in total. The number of aromatic nitrogens is 2. The molecule has 2 aliphatic rings. The third kappa shape index (κ3) is 2.78. The summed E-state index contributed by atoms with van der Waals surface area (Å²) in [5.41, 5.74) is 10.5. The zero-order valence-electron chi connectivity index (χ0n) is 11.7. The molecular formula is C15H22N4. The van der Waals surface area contributed by atoms with Crippen LogP contribution in [0.3, 0.4) is 0 Å². The smallest absolute Gasteiger partial charge is 0.131 e. The molecule has 0 fully saturated rings. The van der Waals surface area contributed by atoms with Gasteiger partial charge in [-0.25, -0.2) is 9.97 Å². The Bertz CT molecular complexity index is 507. The second-order valence-corrected chi connectivity index (χ2v) is 5.70. The average molecular weight is 258 g/mol. The Labute approximate surface area is 114 Å². The van der Waals surface area contributed by atoms with Crippen molar-refractivity contribution in [2.45, 2.75) is 45.6 Å². The van der Waals surface area contributed by atoms with Gasteiger partial charge in [0.2, 0.25) is 0 Å². The quantitative estimate of drug-likeness (QED) is 0.828. The molecule has 1 aromatic heterocycles. The molecule has 0 saturated carbocycles. The molecule has 19 heavy (non-hydrogen) atoms. The minimum absolute atomic E-state index is 0.635. The van der Waals surface area contributed by atoms with Gasteiger partial charge in [0.1, 0.15) is 11.6 Å². The SMILES string of the molecule is Cc1ncc(CN2CCC3=C(CCCC3)C2)c(N)n1. The van der Waals surface area contributed by atoms with Gasteiger partial charge in [-0.15, -0.1) is 0 Å². The second kappa shape index (κ2) is 5.29. The Morgan fingerprint density at radius 2 is 2.00 bits per heavy atom. The van der Waals surface area contributed by atoms with E-state index in [9.17, 15) is 0 Å². The molecule has 3 rings (SSSR count). The van der Waals surface area contributed by atoms with Crippen molar-refractivity contribution in [3.63, 3.8) is 0 Å². The number of anilines is 1. The van der Waals surface area contributed by atoms with E-state index in [0.717, 1.165) is 31.0 Å². The third-order valence-electron chi connectivity index (χ3n) is 4.26. The molecule has 0 bridgehead atoms. The van der Waals surface area contributed by atoms with Gasteiger partial charge < -0.3 is 5.73 Å². The lowest BCUT2D eigenvalue weighted by atomic mass is 9.87. The van der Waals surface area contributed by atoms with Crippen LogP contribution in [0.25, 0.3) is 0 Å². The molecule has 4 heteroatoms. The van der Waals surface area contributed by atoms with E-state index in [4.69, 9.17) is 5.73 Å². The maximum absolute atomic E-state index is 5.98. The van der Waals surface area contributed by atoms with Crippen LogP contribution in [-0.4, -0.2) is 28.0 Å². The molecule has 0 atom stereocenters. The standard InChI is InChI=1S/C15H22N4/c1-11-17-8-14(15(16)18-11)10-19-7-6-12-4-2-3-5-13(12)9-19/h8H,2-7,9-10H2,1H3,(H2,16,17,18). The average Bonchev–Trinajstić information content (AvgIpc) is 2.42. The highest BCUT2D eigenvalue weighted by Gasteiger charge is 2.21. The molecule has 0 radical (unpaired) electrons. The third-order valence-corrected chi connectivity index (χ3v) is 4.26. The van der Waals surface area contributed by atoms with Crippen LogP contribution in [-0.2, 0) is 6.54 Å². The van der Waals surface area contributed by atoms with Gasteiger partial charge in [0.25, 0.3) is 0 Å². The van der Waals surface area contributed by atoms with Gasteiger partial charge in [-0.2, -0.15) is 0 Å². The first-order valence-electron chi connectivity index (χ1n) is 7.22. The van der Waals surface area contributed by atoms with E-state index < -0.39 is 0 Å². The lowest BCUT2D eigenvalue weighted by Crippen LogP contribution is -2.32. The molecule has 0 amide bonds. The van der Waals surface area contributed by atoms with Gasteiger partial charge in [0.15, 0.2) is 0 Å². The Kier molecular flexibility index (Phi) is 3.51. The van der Waals surface area contributed by atoms with Crippen LogP contribution in [0.1, 0.15) is 43.5 Å². The summed E-state index contributed by atoms with van der Waals surface area (Å²) in [6.07, 6.45) is 8.50. The van der Waals surface area contributed by atoms with Crippen molar-refractivity contribution in [3.8, 4) is 0 Å². The predicted molar refractivity (Wildman–Crippen MR) is 76.6 cm³/mol. The molecule has 0 aromatic carbocycles. The van der Waals surface area contributed by atoms with Crippen LogP contribution in [0.5, 0.6) is 0 Å². The lowest BCUT2D eigenvalue weighted by molar-refractivity contribution is 0.266. The van der Waals surface area contributed by atoms with Gasteiger partial charge in [0, 0.05) is 31.4 Å². The zero-order valence-corrected chi connectivity index (χ0v) is 11.7. The van der Waals surface area contributed by atoms with E-state index in [-0.39, 0.29) is 0 Å². The Hall–Kier alpha value is -1.42. The Morgan fingerprint density at radius 3 is 2.79 bits per heavy atom. The minimum Gasteiger partial charge on any atom is -0.383 e. The number of nitrogens with zero attached hydrogens (tertiary/aromatic N) is 3. The molecule has 1 aliphatic carbocycles. The van der Waals surface area contributed by atoms with Crippen LogP contribution < -0.4 is 5.73 Å². The van der Waals surface area contributed by atoms with Crippen LogP contribution in [0.15, 0.2) is 17.3 Å². The topological polar surface area (TPSA) is 55.0 Å². The second-order valence-electron chi connectivity index (χ2n) is 5.70. The van der Waals surface area contributed by atoms with E-state index in [1.165, 1.54) is 32.1 Å². The van der Waals surface area contributed by atoms with E-state index in [1.807, 2.05) is 13.1 Å². The highest BCUT2D eigenvalue weighted by molar-refractivity contribution is 5.37. The number of rotatable bonds is 2. The monoisotopic (exact) mass is 258 g/mol. The molecule has 2 heterocycles. The van der Waals surface area contributed by atoms with Crippen LogP contribution >= 0.6 is 0 Å². The number of nitrogens with two attached hydrogens (primary N) is 1. The van der Waals surface area contributed by atoms with Crippen molar-refractivity contribution in [2.24, 2.45) is 0 Å². The fourth-order valence-electron chi connectivity index (χ4n) is 3.18. The normalized spacial score (nSPS) is 20.5. The van der Waals surface area contributed by atoms with E-state index in [2.05, 4.69) is 14.9 Å². The molecule has 2 N–H and O–H groups in total. The van der Waals surface area contributed by atoms with Gasteiger partial charge in [-0.1, -0.05) is 11.1 Å². The summed E-state index contributed by atoms with van der Waals surface area (Å²) < 4.78 is 0. The maximum Gasteiger partial charge on any atom is 0.131 e. The summed E-state index contributed by atoms with van der Waals surface area (Å²) in [7, 11) is 0. The first-order valence-corrected chi connectivity index (χ1v) is 7.22. The van der Waals surface area contributed by atoms with Gasteiger partial charge >= 0.3 is 0 Å². The number of nitrogen functional groups attached to an aromatic ring is 1. The van der Waals surface area contributed by atoms with Crippen molar-refractivity contribution in [2.75, 3.05) is 18.8 Å². The van der Waals surface area contributed by atoms with Crippen LogP contribution in [0.2, 0.25) is 0 Å². The molecule has 0 unspecified atom stereocenters. The van der Waals surface area contributed by atoms with Crippen molar-refractivity contribution in [1.82, 2.24) is 14.9 Å². The fraction of sp³-hybridized carbons (Fsp3) is 0.600. The Balaban J connectivity index is 1.70. The highest BCUT2D eigenvalue weighted by Crippen LogP contribution is 2.31. The number of hydrogen-bond acceptors (Lipinski definition) is 4. The molecule has 0 saturated heterocycles. The molecule has 1 aliphatic heterocycles. The number of aryl methyl sites for hydroxylation is 1. The minimum atomic E-state index is 0.635. The molecule has 0 spiro atoms.